The molecule has 0 radical (unpaired) electrons. The summed E-state index contributed by atoms with van der Waals surface area (Å²) in [6, 6.07) is 10.0. The first-order valence-electron chi connectivity index (χ1n) is 5.46. The molecule has 0 saturated heterocycles. The molecule has 0 spiro atoms. The van der Waals surface area contributed by atoms with Crippen LogP contribution in [-0.4, -0.2) is 11.5 Å². The third-order valence-electron chi connectivity index (χ3n) is 2.37. The van der Waals surface area contributed by atoms with E-state index in [2.05, 4.69) is 16.4 Å². The molecule has 2 aromatic rings. The standard InChI is InChI=1S/C13H13N3S/c14-8-11-7-13(17-10-11)9-15-6-4-12-3-1-2-5-16-12/h1-3,5,7,10,15H,4,6,9H2. The molecule has 0 aliphatic carbocycles. The summed E-state index contributed by atoms with van der Waals surface area (Å²) in [5.74, 6) is 0. The third kappa shape index (κ3) is 3.66. The van der Waals surface area contributed by atoms with Gasteiger partial charge in [-0.15, -0.1) is 11.3 Å². The van der Waals surface area contributed by atoms with Crippen molar-refractivity contribution in [1.29, 1.82) is 5.26 Å². The fourth-order valence-electron chi connectivity index (χ4n) is 1.51. The predicted molar refractivity (Wildman–Crippen MR) is 68.7 cm³/mol. The Morgan fingerprint density at radius 3 is 3.06 bits per heavy atom. The molecule has 17 heavy (non-hydrogen) atoms. The predicted octanol–water partition coefficient (Wildman–Crippen LogP) is 2.35. The lowest BCUT2D eigenvalue weighted by atomic mass is 10.2. The Morgan fingerprint density at radius 2 is 2.35 bits per heavy atom. The van der Waals surface area contributed by atoms with E-state index in [1.165, 1.54) is 4.88 Å². The number of nitrogens with zero attached hydrogens (tertiary/aromatic N) is 2. The SMILES string of the molecule is N#Cc1csc(CNCCc2ccccn2)c1. The van der Waals surface area contributed by atoms with Crippen molar-refractivity contribution < 1.29 is 0 Å². The number of nitriles is 1. The molecule has 2 rings (SSSR count). The summed E-state index contributed by atoms with van der Waals surface area (Å²) in [5, 5.41) is 13.9. The normalized spacial score (nSPS) is 10.1. The fourth-order valence-corrected chi connectivity index (χ4v) is 2.29. The van der Waals surface area contributed by atoms with Gasteiger partial charge in [-0.2, -0.15) is 5.26 Å². The molecule has 3 nitrogen and oxygen atoms in total. The molecule has 1 N–H and O–H groups in total. The summed E-state index contributed by atoms with van der Waals surface area (Å²) < 4.78 is 0. The van der Waals surface area contributed by atoms with Crippen LogP contribution in [0.25, 0.3) is 0 Å². The van der Waals surface area contributed by atoms with Crippen LogP contribution in [0.2, 0.25) is 0 Å². The first-order valence-corrected chi connectivity index (χ1v) is 6.34. The van der Waals surface area contributed by atoms with Gasteiger partial charge in [0.25, 0.3) is 0 Å². The van der Waals surface area contributed by atoms with Crippen molar-refractivity contribution in [3.63, 3.8) is 0 Å². The first-order chi connectivity index (χ1) is 8.38. The van der Waals surface area contributed by atoms with Crippen LogP contribution in [0.1, 0.15) is 16.1 Å². The van der Waals surface area contributed by atoms with Crippen LogP contribution in [0, 0.1) is 11.3 Å². The Kier molecular flexibility index (Phi) is 4.25. The van der Waals surface area contributed by atoms with E-state index < -0.39 is 0 Å². The number of aromatic nitrogens is 1. The van der Waals surface area contributed by atoms with E-state index >= 15 is 0 Å². The van der Waals surface area contributed by atoms with E-state index in [9.17, 15) is 0 Å². The Morgan fingerprint density at radius 1 is 1.41 bits per heavy atom. The van der Waals surface area contributed by atoms with Gasteiger partial charge in [-0.25, -0.2) is 0 Å². The number of hydrogen-bond donors (Lipinski definition) is 1. The topological polar surface area (TPSA) is 48.7 Å². The number of pyridine rings is 1. The van der Waals surface area contributed by atoms with Crippen molar-refractivity contribution in [2.45, 2.75) is 13.0 Å². The number of thiophene rings is 1. The second kappa shape index (κ2) is 6.14. The number of rotatable bonds is 5. The van der Waals surface area contributed by atoms with Crippen LogP contribution < -0.4 is 5.32 Å². The summed E-state index contributed by atoms with van der Waals surface area (Å²) in [6.45, 7) is 1.72. The maximum atomic E-state index is 8.70. The monoisotopic (exact) mass is 243 g/mol. The highest BCUT2D eigenvalue weighted by molar-refractivity contribution is 7.10. The van der Waals surface area contributed by atoms with Crippen LogP contribution in [0.15, 0.2) is 35.8 Å². The van der Waals surface area contributed by atoms with Gasteiger partial charge in [0.2, 0.25) is 0 Å². The van der Waals surface area contributed by atoms with Crippen molar-refractivity contribution >= 4 is 11.3 Å². The van der Waals surface area contributed by atoms with Gasteiger partial charge in [0, 0.05) is 41.7 Å². The van der Waals surface area contributed by atoms with E-state index in [0.29, 0.717) is 0 Å². The second-order valence-electron chi connectivity index (χ2n) is 3.66. The largest absolute Gasteiger partial charge is 0.311 e. The highest BCUT2D eigenvalue weighted by atomic mass is 32.1. The zero-order chi connectivity index (χ0) is 11.9. The van der Waals surface area contributed by atoms with Gasteiger partial charge in [0.1, 0.15) is 6.07 Å². The third-order valence-corrected chi connectivity index (χ3v) is 3.30. The average Bonchev–Trinajstić information content (AvgIpc) is 2.84. The van der Waals surface area contributed by atoms with Gasteiger partial charge in [-0.05, 0) is 18.2 Å². The van der Waals surface area contributed by atoms with Crippen LogP contribution in [-0.2, 0) is 13.0 Å². The minimum atomic E-state index is 0.747. The van der Waals surface area contributed by atoms with E-state index in [0.717, 1.165) is 30.8 Å². The summed E-state index contributed by atoms with van der Waals surface area (Å²) in [7, 11) is 0. The van der Waals surface area contributed by atoms with Gasteiger partial charge in [-0.1, -0.05) is 6.07 Å². The molecule has 0 saturated carbocycles. The summed E-state index contributed by atoms with van der Waals surface area (Å²) in [5.41, 5.74) is 1.85. The molecular formula is C13H13N3S. The molecule has 2 heterocycles. The van der Waals surface area contributed by atoms with Gasteiger partial charge in [0.15, 0.2) is 0 Å². The lowest BCUT2D eigenvalue weighted by Gasteiger charge is -2.02. The molecule has 0 aromatic carbocycles. The van der Waals surface area contributed by atoms with Crippen molar-refractivity contribution in [1.82, 2.24) is 10.3 Å². The van der Waals surface area contributed by atoms with Crippen molar-refractivity contribution in [2.75, 3.05) is 6.54 Å². The van der Waals surface area contributed by atoms with E-state index in [1.54, 1.807) is 11.3 Å². The maximum absolute atomic E-state index is 8.70. The minimum absolute atomic E-state index is 0.747. The molecule has 0 bridgehead atoms. The summed E-state index contributed by atoms with van der Waals surface area (Å²) in [6.07, 6.45) is 2.74. The summed E-state index contributed by atoms with van der Waals surface area (Å²) >= 11 is 1.62. The Bertz CT molecular complexity index is 499. The highest BCUT2D eigenvalue weighted by Crippen LogP contribution is 2.13. The lowest BCUT2D eigenvalue weighted by Crippen LogP contribution is -2.16. The van der Waals surface area contributed by atoms with Crippen molar-refractivity contribution in [3.8, 4) is 6.07 Å². The lowest BCUT2D eigenvalue weighted by molar-refractivity contribution is 0.686. The molecule has 0 aliphatic heterocycles. The van der Waals surface area contributed by atoms with Crippen LogP contribution in [0.3, 0.4) is 0 Å². The first kappa shape index (κ1) is 11.8. The summed E-state index contributed by atoms with van der Waals surface area (Å²) in [4.78, 5) is 5.46. The van der Waals surface area contributed by atoms with Crippen LogP contribution in [0.5, 0.6) is 0 Å². The molecule has 0 fully saturated rings. The van der Waals surface area contributed by atoms with Gasteiger partial charge in [0.05, 0.1) is 5.56 Å². The van der Waals surface area contributed by atoms with E-state index in [-0.39, 0.29) is 0 Å². The van der Waals surface area contributed by atoms with Gasteiger partial charge >= 0.3 is 0 Å². The Hall–Kier alpha value is -1.70. The van der Waals surface area contributed by atoms with Gasteiger partial charge < -0.3 is 5.32 Å². The minimum Gasteiger partial charge on any atom is -0.311 e. The molecule has 4 heteroatoms. The number of hydrogen-bond acceptors (Lipinski definition) is 4. The molecule has 0 aliphatic rings. The molecule has 86 valence electrons. The molecule has 0 amide bonds. The molecule has 0 atom stereocenters. The van der Waals surface area contributed by atoms with Gasteiger partial charge in [-0.3, -0.25) is 4.98 Å². The smallest absolute Gasteiger partial charge is 0.100 e. The Labute approximate surface area is 105 Å². The molecule has 2 aromatic heterocycles. The van der Waals surface area contributed by atoms with Crippen LogP contribution in [0.4, 0.5) is 0 Å². The zero-order valence-electron chi connectivity index (χ0n) is 9.39. The highest BCUT2D eigenvalue weighted by Gasteiger charge is 1.98. The Balaban J connectivity index is 1.72. The second-order valence-corrected chi connectivity index (χ2v) is 4.66. The van der Waals surface area contributed by atoms with E-state index in [1.807, 2.05) is 35.8 Å². The van der Waals surface area contributed by atoms with Crippen molar-refractivity contribution in [3.05, 3.63) is 52.0 Å². The van der Waals surface area contributed by atoms with E-state index in [4.69, 9.17) is 5.26 Å². The molecular weight excluding hydrogens is 230 g/mol. The zero-order valence-corrected chi connectivity index (χ0v) is 10.2. The molecule has 0 unspecified atom stereocenters. The maximum Gasteiger partial charge on any atom is 0.100 e. The quantitative estimate of drug-likeness (QED) is 0.820. The number of nitrogens with one attached hydrogen (secondary N) is 1. The average molecular weight is 243 g/mol. The van der Waals surface area contributed by atoms with Crippen LogP contribution >= 0.6 is 11.3 Å². The fraction of sp³-hybridized carbons (Fsp3) is 0.231. The van der Waals surface area contributed by atoms with Crippen molar-refractivity contribution in [2.24, 2.45) is 0 Å².